The lowest BCUT2D eigenvalue weighted by molar-refractivity contribution is 0.0968. The molecule has 2 aromatic rings. The molecule has 0 unspecified atom stereocenters. The van der Waals surface area contributed by atoms with E-state index in [4.69, 9.17) is 5.73 Å². The van der Waals surface area contributed by atoms with Crippen LogP contribution in [0.15, 0.2) is 24.5 Å². The van der Waals surface area contributed by atoms with Crippen LogP contribution in [-0.4, -0.2) is 22.3 Å². The first-order valence-corrected chi connectivity index (χ1v) is 5.39. The predicted octanol–water partition coefficient (Wildman–Crippen LogP) is 1.15. The number of carbonyl (C=O) groups is 1. The van der Waals surface area contributed by atoms with Gasteiger partial charge in [0.05, 0.1) is 5.69 Å². The van der Waals surface area contributed by atoms with E-state index in [2.05, 4.69) is 14.7 Å². The van der Waals surface area contributed by atoms with Crippen LogP contribution in [0.1, 0.15) is 9.67 Å². The fourth-order valence-electron chi connectivity index (χ4n) is 1.29. The van der Waals surface area contributed by atoms with Crippen molar-refractivity contribution in [3.8, 4) is 11.3 Å². The number of nitrogen functional groups attached to an aromatic ring is 1. The second-order valence-corrected chi connectivity index (χ2v) is 3.86. The fourth-order valence-corrected chi connectivity index (χ4v) is 2.06. The van der Waals surface area contributed by atoms with Gasteiger partial charge in [-0.2, -0.15) is 4.37 Å². The molecule has 0 aliphatic heterocycles. The molecule has 0 fully saturated rings. The minimum absolute atomic E-state index is 0.213. The molecule has 6 heteroatoms. The Kier molecular flexibility index (Phi) is 2.82. The quantitative estimate of drug-likeness (QED) is 0.816. The molecule has 0 saturated carbocycles. The van der Waals surface area contributed by atoms with Gasteiger partial charge in [0.15, 0.2) is 0 Å². The third-order valence-electron chi connectivity index (χ3n) is 2.12. The molecule has 1 amide bonds. The number of aromatic nitrogens is 2. The molecular formula is C10H10N4OS. The molecule has 3 N–H and O–H groups in total. The number of nitrogens with zero attached hydrogens (tertiary/aromatic N) is 2. The monoisotopic (exact) mass is 234 g/mol. The van der Waals surface area contributed by atoms with Crippen molar-refractivity contribution in [1.82, 2.24) is 14.7 Å². The van der Waals surface area contributed by atoms with Crippen LogP contribution in [-0.2, 0) is 0 Å². The van der Waals surface area contributed by atoms with Crippen LogP contribution in [0.4, 0.5) is 5.69 Å². The van der Waals surface area contributed by atoms with Crippen molar-refractivity contribution in [3.63, 3.8) is 0 Å². The molecule has 82 valence electrons. The van der Waals surface area contributed by atoms with E-state index >= 15 is 0 Å². The van der Waals surface area contributed by atoms with E-state index in [1.165, 1.54) is 0 Å². The molecule has 2 rings (SSSR count). The van der Waals surface area contributed by atoms with Gasteiger partial charge < -0.3 is 11.1 Å². The van der Waals surface area contributed by atoms with Crippen molar-refractivity contribution in [2.75, 3.05) is 12.8 Å². The zero-order chi connectivity index (χ0) is 11.5. The van der Waals surface area contributed by atoms with Gasteiger partial charge in [-0.05, 0) is 23.7 Å². The standard InChI is InChI=1S/C10H10N4OS/c1-12-10(15)9-7(11)8(14-16-9)6-2-4-13-5-3-6/h2-5H,11H2,1H3,(H,12,15). The lowest BCUT2D eigenvalue weighted by atomic mass is 10.1. The van der Waals surface area contributed by atoms with E-state index in [0.717, 1.165) is 17.1 Å². The number of carbonyl (C=O) groups excluding carboxylic acids is 1. The Morgan fingerprint density at radius 2 is 2.12 bits per heavy atom. The Bertz CT molecular complexity index is 509. The molecule has 0 saturated heterocycles. The van der Waals surface area contributed by atoms with Gasteiger partial charge in [-0.1, -0.05) is 0 Å². The molecule has 2 aromatic heterocycles. The number of hydrogen-bond acceptors (Lipinski definition) is 5. The van der Waals surface area contributed by atoms with Crippen LogP contribution in [0, 0.1) is 0 Å². The number of nitrogens with one attached hydrogen (secondary N) is 1. The van der Waals surface area contributed by atoms with Crippen LogP contribution >= 0.6 is 11.5 Å². The molecule has 5 nitrogen and oxygen atoms in total. The van der Waals surface area contributed by atoms with E-state index in [9.17, 15) is 4.79 Å². The minimum atomic E-state index is -0.213. The first-order valence-electron chi connectivity index (χ1n) is 4.61. The molecule has 0 spiro atoms. The number of anilines is 1. The number of pyridine rings is 1. The summed E-state index contributed by atoms with van der Waals surface area (Å²) in [4.78, 5) is 15.8. The average molecular weight is 234 g/mol. The number of rotatable bonds is 2. The Hall–Kier alpha value is -1.95. The van der Waals surface area contributed by atoms with E-state index in [-0.39, 0.29) is 5.91 Å². The predicted molar refractivity (Wildman–Crippen MR) is 63.1 cm³/mol. The average Bonchev–Trinajstić information content (AvgIpc) is 2.71. The lowest BCUT2D eigenvalue weighted by Gasteiger charge is -1.99. The molecule has 0 radical (unpaired) electrons. The van der Waals surface area contributed by atoms with Crippen LogP contribution in [0.2, 0.25) is 0 Å². The molecule has 0 atom stereocenters. The Labute approximate surface area is 96.5 Å². The second-order valence-electron chi connectivity index (χ2n) is 3.09. The first-order chi connectivity index (χ1) is 7.74. The smallest absolute Gasteiger partial charge is 0.264 e. The normalized spacial score (nSPS) is 10.1. The van der Waals surface area contributed by atoms with Crippen LogP contribution in [0.25, 0.3) is 11.3 Å². The summed E-state index contributed by atoms with van der Waals surface area (Å²) in [6.45, 7) is 0. The third kappa shape index (κ3) is 1.74. The molecule has 0 bridgehead atoms. The molecule has 0 aliphatic carbocycles. The van der Waals surface area contributed by atoms with Gasteiger partial charge >= 0.3 is 0 Å². The topological polar surface area (TPSA) is 80.9 Å². The third-order valence-corrected chi connectivity index (χ3v) is 2.98. The minimum Gasteiger partial charge on any atom is -0.396 e. The summed E-state index contributed by atoms with van der Waals surface area (Å²) >= 11 is 1.10. The highest BCUT2D eigenvalue weighted by molar-refractivity contribution is 7.09. The Balaban J connectivity index is 2.45. The maximum atomic E-state index is 11.4. The molecule has 0 aliphatic rings. The van der Waals surface area contributed by atoms with Crippen molar-refractivity contribution < 1.29 is 4.79 Å². The number of nitrogens with two attached hydrogens (primary N) is 1. The maximum Gasteiger partial charge on any atom is 0.264 e. The van der Waals surface area contributed by atoms with Gasteiger partial charge in [0.2, 0.25) is 0 Å². The van der Waals surface area contributed by atoms with Gasteiger partial charge in [0.25, 0.3) is 5.91 Å². The Morgan fingerprint density at radius 3 is 2.75 bits per heavy atom. The first kappa shape index (κ1) is 10.6. The summed E-state index contributed by atoms with van der Waals surface area (Å²) in [5, 5.41) is 2.53. The van der Waals surface area contributed by atoms with Crippen LogP contribution in [0.3, 0.4) is 0 Å². The summed E-state index contributed by atoms with van der Waals surface area (Å²) in [7, 11) is 1.56. The largest absolute Gasteiger partial charge is 0.396 e. The zero-order valence-corrected chi connectivity index (χ0v) is 9.41. The summed E-state index contributed by atoms with van der Waals surface area (Å²) < 4.78 is 4.18. The molecule has 0 aromatic carbocycles. The van der Waals surface area contributed by atoms with Crippen molar-refractivity contribution in [2.45, 2.75) is 0 Å². The Morgan fingerprint density at radius 1 is 1.44 bits per heavy atom. The van der Waals surface area contributed by atoms with Gasteiger partial charge in [0, 0.05) is 25.0 Å². The summed E-state index contributed by atoms with van der Waals surface area (Å²) in [5.74, 6) is -0.213. The van der Waals surface area contributed by atoms with Crippen LogP contribution in [0.5, 0.6) is 0 Å². The zero-order valence-electron chi connectivity index (χ0n) is 8.60. The number of hydrogen-bond donors (Lipinski definition) is 2. The number of amides is 1. The van der Waals surface area contributed by atoms with Crippen molar-refractivity contribution in [1.29, 1.82) is 0 Å². The van der Waals surface area contributed by atoms with Crippen LogP contribution < -0.4 is 11.1 Å². The van der Waals surface area contributed by atoms with Gasteiger partial charge in [-0.25, -0.2) is 0 Å². The van der Waals surface area contributed by atoms with Gasteiger partial charge in [-0.3, -0.25) is 9.78 Å². The summed E-state index contributed by atoms with van der Waals surface area (Å²) in [6, 6.07) is 3.61. The fraction of sp³-hybridized carbons (Fsp3) is 0.100. The van der Waals surface area contributed by atoms with Crippen molar-refractivity contribution in [2.24, 2.45) is 0 Å². The maximum absolute atomic E-state index is 11.4. The highest BCUT2D eigenvalue weighted by Crippen LogP contribution is 2.30. The van der Waals surface area contributed by atoms with E-state index in [0.29, 0.717) is 16.3 Å². The van der Waals surface area contributed by atoms with E-state index in [1.54, 1.807) is 31.6 Å². The highest BCUT2D eigenvalue weighted by atomic mass is 32.1. The van der Waals surface area contributed by atoms with Crippen molar-refractivity contribution in [3.05, 3.63) is 29.4 Å². The second kappa shape index (κ2) is 4.28. The van der Waals surface area contributed by atoms with Crippen molar-refractivity contribution >= 4 is 23.1 Å². The summed E-state index contributed by atoms with van der Waals surface area (Å²) in [5.41, 5.74) is 7.78. The molecule has 2 heterocycles. The van der Waals surface area contributed by atoms with Gasteiger partial charge in [-0.15, -0.1) is 0 Å². The molecular weight excluding hydrogens is 224 g/mol. The lowest BCUT2D eigenvalue weighted by Crippen LogP contribution is -2.17. The SMILES string of the molecule is CNC(=O)c1snc(-c2ccncc2)c1N. The summed E-state index contributed by atoms with van der Waals surface area (Å²) in [6.07, 6.45) is 3.32. The highest BCUT2D eigenvalue weighted by Gasteiger charge is 2.17. The van der Waals surface area contributed by atoms with Gasteiger partial charge in [0.1, 0.15) is 10.6 Å². The van der Waals surface area contributed by atoms with E-state index in [1.807, 2.05) is 0 Å². The van der Waals surface area contributed by atoms with E-state index < -0.39 is 0 Å². The molecule has 16 heavy (non-hydrogen) atoms.